The summed E-state index contributed by atoms with van der Waals surface area (Å²) in [5.41, 5.74) is 0. The van der Waals surface area contributed by atoms with Crippen LogP contribution >= 0.6 is 23.2 Å². The van der Waals surface area contributed by atoms with Crippen molar-refractivity contribution in [1.29, 1.82) is 0 Å². The van der Waals surface area contributed by atoms with Gasteiger partial charge in [-0.05, 0) is 18.2 Å². The molecule has 1 aliphatic heterocycles. The largest absolute Gasteiger partial charge is 0.339 e. The molecular weight excluding hydrogens is 401 g/mol. The predicted octanol–water partition coefficient (Wildman–Crippen LogP) is 1.47. The van der Waals surface area contributed by atoms with Gasteiger partial charge in [0, 0.05) is 33.2 Å². The second kappa shape index (κ2) is 8.39. The van der Waals surface area contributed by atoms with E-state index in [9.17, 15) is 18.0 Å². The van der Waals surface area contributed by atoms with Crippen LogP contribution in [0.2, 0.25) is 10.0 Å². The number of rotatable bonds is 5. The van der Waals surface area contributed by atoms with Gasteiger partial charge in [-0.1, -0.05) is 35.8 Å². The van der Waals surface area contributed by atoms with Crippen LogP contribution in [0, 0.1) is 0 Å². The topological polar surface area (TPSA) is 78.0 Å². The summed E-state index contributed by atoms with van der Waals surface area (Å²) in [7, 11) is -2.30. The van der Waals surface area contributed by atoms with Crippen molar-refractivity contribution < 1.29 is 18.0 Å². The van der Waals surface area contributed by atoms with Crippen molar-refractivity contribution >= 4 is 45.0 Å². The van der Waals surface area contributed by atoms with Crippen LogP contribution in [-0.2, 0) is 19.6 Å². The van der Waals surface area contributed by atoms with Crippen LogP contribution in [0.4, 0.5) is 0 Å². The molecule has 2 rings (SSSR count). The number of sulfonamides is 1. The number of carbonyl (C=O) groups excluding carboxylic acids is 2. The Bertz CT molecular complexity index is 821. The molecule has 26 heavy (non-hydrogen) atoms. The van der Waals surface area contributed by atoms with Crippen molar-refractivity contribution in [3.63, 3.8) is 0 Å². The summed E-state index contributed by atoms with van der Waals surface area (Å²) >= 11 is 11.9. The number of carbonyl (C=O) groups is 2. The molecule has 0 bridgehead atoms. The lowest BCUT2D eigenvalue weighted by Crippen LogP contribution is -2.52. The van der Waals surface area contributed by atoms with E-state index >= 15 is 0 Å². The minimum Gasteiger partial charge on any atom is -0.339 e. The Morgan fingerprint density at radius 3 is 2.42 bits per heavy atom. The quantitative estimate of drug-likeness (QED) is 0.676. The average molecular weight is 420 g/mol. The summed E-state index contributed by atoms with van der Waals surface area (Å²) in [4.78, 5) is 26.4. The molecule has 0 spiro atoms. The minimum absolute atomic E-state index is 0.0164. The van der Waals surface area contributed by atoms with E-state index in [-0.39, 0.29) is 59.5 Å². The summed E-state index contributed by atoms with van der Waals surface area (Å²) in [5.74, 6) is -0.601. The van der Waals surface area contributed by atoms with Crippen LogP contribution in [0.5, 0.6) is 0 Å². The molecule has 1 heterocycles. The maximum atomic E-state index is 12.8. The van der Waals surface area contributed by atoms with E-state index in [0.717, 1.165) is 6.08 Å². The molecule has 0 N–H and O–H groups in total. The van der Waals surface area contributed by atoms with Crippen LogP contribution in [0.1, 0.15) is 0 Å². The van der Waals surface area contributed by atoms with Gasteiger partial charge < -0.3 is 9.80 Å². The van der Waals surface area contributed by atoms with Crippen molar-refractivity contribution in [2.24, 2.45) is 0 Å². The molecule has 10 heteroatoms. The van der Waals surface area contributed by atoms with E-state index < -0.39 is 10.0 Å². The van der Waals surface area contributed by atoms with Gasteiger partial charge >= 0.3 is 0 Å². The lowest BCUT2D eigenvalue weighted by atomic mass is 10.3. The molecule has 142 valence electrons. The fourth-order valence-electron chi connectivity index (χ4n) is 2.54. The lowest BCUT2D eigenvalue weighted by molar-refractivity contribution is -0.138. The molecule has 0 radical (unpaired) electrons. The third kappa shape index (κ3) is 4.37. The molecule has 0 unspecified atom stereocenters. The molecule has 1 fully saturated rings. The van der Waals surface area contributed by atoms with E-state index in [1.165, 1.54) is 39.4 Å². The Morgan fingerprint density at radius 2 is 1.85 bits per heavy atom. The van der Waals surface area contributed by atoms with E-state index in [1.54, 1.807) is 0 Å². The maximum Gasteiger partial charge on any atom is 0.246 e. The van der Waals surface area contributed by atoms with Gasteiger partial charge in [0.2, 0.25) is 21.8 Å². The summed E-state index contributed by atoms with van der Waals surface area (Å²) in [6, 6.07) is 4.44. The van der Waals surface area contributed by atoms with Crippen LogP contribution in [0.15, 0.2) is 35.7 Å². The van der Waals surface area contributed by atoms with Crippen molar-refractivity contribution in [3.8, 4) is 0 Å². The highest BCUT2D eigenvalue weighted by molar-refractivity contribution is 7.89. The molecule has 0 aliphatic carbocycles. The van der Waals surface area contributed by atoms with Crippen LogP contribution in [-0.4, -0.2) is 74.1 Å². The number of halogens is 2. The number of hydrogen-bond donors (Lipinski definition) is 0. The Morgan fingerprint density at radius 1 is 1.23 bits per heavy atom. The number of hydrogen-bond acceptors (Lipinski definition) is 4. The van der Waals surface area contributed by atoms with E-state index in [0.29, 0.717) is 0 Å². The summed E-state index contributed by atoms with van der Waals surface area (Å²) in [6.07, 6.45) is 1.13. The second-order valence-corrected chi connectivity index (χ2v) is 8.43. The maximum absolute atomic E-state index is 12.8. The Hall–Kier alpha value is -1.61. The molecule has 1 saturated heterocycles. The lowest BCUT2D eigenvalue weighted by Gasteiger charge is -2.34. The van der Waals surface area contributed by atoms with Gasteiger partial charge in [0.05, 0.1) is 16.6 Å². The molecule has 2 amide bonds. The first-order valence-electron chi connectivity index (χ1n) is 7.78. The zero-order valence-corrected chi connectivity index (χ0v) is 16.5. The molecule has 1 aromatic carbocycles. The molecule has 0 atom stereocenters. The normalized spacial score (nSPS) is 15.6. The third-order valence-electron chi connectivity index (χ3n) is 4.05. The van der Waals surface area contributed by atoms with Gasteiger partial charge in [-0.3, -0.25) is 9.59 Å². The number of likely N-dealkylation sites (N-methyl/N-ethyl adjacent to an activating group) is 1. The summed E-state index contributed by atoms with van der Waals surface area (Å²) < 4.78 is 26.8. The third-order valence-corrected chi connectivity index (χ3v) is 6.92. The Labute approximate surface area is 162 Å². The molecule has 0 aromatic heterocycles. The number of piperazine rings is 1. The predicted molar refractivity (Wildman–Crippen MR) is 99.6 cm³/mol. The molecular formula is C16H19Cl2N3O4S. The highest BCUT2D eigenvalue weighted by Gasteiger charge is 2.32. The van der Waals surface area contributed by atoms with Crippen LogP contribution in [0.3, 0.4) is 0 Å². The van der Waals surface area contributed by atoms with Crippen LogP contribution in [0.25, 0.3) is 0 Å². The van der Waals surface area contributed by atoms with Gasteiger partial charge in [-0.25, -0.2) is 8.42 Å². The smallest absolute Gasteiger partial charge is 0.246 e. The van der Waals surface area contributed by atoms with Gasteiger partial charge in [0.1, 0.15) is 4.90 Å². The number of amides is 2. The number of benzene rings is 1. The zero-order chi connectivity index (χ0) is 19.5. The zero-order valence-electron chi connectivity index (χ0n) is 14.2. The highest BCUT2D eigenvalue weighted by atomic mass is 35.5. The molecule has 1 aliphatic rings. The monoisotopic (exact) mass is 419 g/mol. The first-order valence-corrected chi connectivity index (χ1v) is 9.97. The SMILES string of the molecule is C=CC(=O)N(C)CC(=O)N1CCN(S(=O)(=O)c2cccc(Cl)c2Cl)CC1. The fraction of sp³-hybridized carbons (Fsp3) is 0.375. The van der Waals surface area contributed by atoms with Crippen molar-refractivity contribution in [2.45, 2.75) is 4.90 Å². The first kappa shape index (κ1) is 20.7. The summed E-state index contributed by atoms with van der Waals surface area (Å²) in [5, 5.41) is 0.147. The Kier molecular flexibility index (Phi) is 6.68. The molecule has 7 nitrogen and oxygen atoms in total. The second-order valence-electron chi connectivity index (χ2n) is 5.74. The van der Waals surface area contributed by atoms with E-state index in [2.05, 4.69) is 6.58 Å². The Balaban J connectivity index is 2.03. The van der Waals surface area contributed by atoms with Gasteiger partial charge in [0.25, 0.3) is 0 Å². The van der Waals surface area contributed by atoms with Crippen molar-refractivity contribution in [3.05, 3.63) is 40.9 Å². The summed E-state index contributed by atoms with van der Waals surface area (Å²) in [6.45, 7) is 4.01. The average Bonchev–Trinajstić information content (AvgIpc) is 2.63. The molecule has 1 aromatic rings. The van der Waals surface area contributed by atoms with Gasteiger partial charge in [0.15, 0.2) is 0 Å². The van der Waals surface area contributed by atoms with Crippen molar-refractivity contribution in [1.82, 2.24) is 14.1 Å². The van der Waals surface area contributed by atoms with E-state index in [4.69, 9.17) is 23.2 Å². The van der Waals surface area contributed by atoms with Crippen molar-refractivity contribution in [2.75, 3.05) is 39.8 Å². The minimum atomic E-state index is -3.80. The van der Waals surface area contributed by atoms with Gasteiger partial charge in [-0.2, -0.15) is 4.31 Å². The highest BCUT2D eigenvalue weighted by Crippen LogP contribution is 2.31. The first-order chi connectivity index (χ1) is 12.2. The van der Waals surface area contributed by atoms with Crippen LogP contribution < -0.4 is 0 Å². The van der Waals surface area contributed by atoms with E-state index in [1.807, 2.05) is 0 Å². The fourth-order valence-corrected chi connectivity index (χ4v) is 4.70. The number of nitrogens with zero attached hydrogens (tertiary/aromatic N) is 3. The standard InChI is InChI=1S/C16H19Cl2N3O4S/c1-3-14(22)19(2)11-15(23)20-7-9-21(10-8-20)26(24,25)13-6-4-5-12(17)16(13)18/h3-6H,1,7-11H2,2H3. The van der Waals surface area contributed by atoms with Gasteiger partial charge in [-0.15, -0.1) is 0 Å². The molecule has 0 saturated carbocycles.